The van der Waals surface area contributed by atoms with E-state index < -0.39 is 5.54 Å². The van der Waals surface area contributed by atoms with Crippen molar-refractivity contribution >= 4 is 12.4 Å². The summed E-state index contributed by atoms with van der Waals surface area (Å²) in [5.41, 5.74) is 5.38. The largest absolute Gasteiger partial charge is 0.338 e. The third kappa shape index (κ3) is 3.40. The van der Waals surface area contributed by atoms with E-state index in [0.29, 0.717) is 17.8 Å². The van der Waals surface area contributed by atoms with Gasteiger partial charge in [-0.2, -0.15) is 4.98 Å². The summed E-state index contributed by atoms with van der Waals surface area (Å²) >= 11 is 0. The van der Waals surface area contributed by atoms with E-state index in [1.165, 1.54) is 12.8 Å². The van der Waals surface area contributed by atoms with E-state index >= 15 is 0 Å². The van der Waals surface area contributed by atoms with Gasteiger partial charge in [0.2, 0.25) is 5.89 Å². The first-order chi connectivity index (χ1) is 7.47. The molecule has 1 unspecified atom stereocenters. The molecule has 0 saturated carbocycles. The van der Waals surface area contributed by atoms with Crippen molar-refractivity contribution in [2.24, 2.45) is 5.73 Å². The van der Waals surface area contributed by atoms with Crippen LogP contribution in [0.1, 0.15) is 45.3 Å². The topological polar surface area (TPSA) is 68.2 Å². The molecule has 5 nitrogen and oxygen atoms in total. The lowest BCUT2D eigenvalue weighted by Crippen LogP contribution is -2.30. The molecule has 1 atom stereocenters. The molecular weight excluding hydrogens is 240 g/mol. The second kappa shape index (κ2) is 5.33. The summed E-state index contributed by atoms with van der Waals surface area (Å²) in [6, 6.07) is 0.612. The Balaban J connectivity index is 0.00000144. The first-order valence-electron chi connectivity index (χ1n) is 5.83. The molecule has 1 aromatic rings. The molecule has 2 rings (SSSR count). The molecule has 1 aromatic heterocycles. The molecule has 2 N–H and O–H groups in total. The first kappa shape index (κ1) is 14.4. The molecule has 17 heavy (non-hydrogen) atoms. The third-order valence-corrected chi connectivity index (χ3v) is 3.07. The van der Waals surface area contributed by atoms with Crippen molar-refractivity contribution in [2.45, 2.75) is 51.7 Å². The van der Waals surface area contributed by atoms with Gasteiger partial charge >= 0.3 is 0 Å². The monoisotopic (exact) mass is 260 g/mol. The minimum absolute atomic E-state index is 0. The van der Waals surface area contributed by atoms with Crippen LogP contribution in [0, 0.1) is 0 Å². The standard InChI is InChI=1S/C11H20N4O.ClH/c1-8-5-4-6-15(8)7-9-13-10(14-16-9)11(2,3)12;/h8H,4-7,12H2,1-3H3;1H. The number of nitrogens with two attached hydrogens (primary N) is 1. The van der Waals surface area contributed by atoms with Gasteiger partial charge in [0, 0.05) is 6.04 Å². The van der Waals surface area contributed by atoms with Crippen LogP contribution in [0.5, 0.6) is 0 Å². The fourth-order valence-electron chi connectivity index (χ4n) is 1.98. The summed E-state index contributed by atoms with van der Waals surface area (Å²) in [6.45, 7) is 7.84. The lowest BCUT2D eigenvalue weighted by molar-refractivity contribution is 0.221. The number of halogens is 1. The quantitative estimate of drug-likeness (QED) is 0.895. The van der Waals surface area contributed by atoms with Crippen LogP contribution in [-0.2, 0) is 12.1 Å². The van der Waals surface area contributed by atoms with Crippen molar-refractivity contribution in [3.05, 3.63) is 11.7 Å². The highest BCUT2D eigenvalue weighted by Gasteiger charge is 2.25. The van der Waals surface area contributed by atoms with E-state index in [4.69, 9.17) is 10.3 Å². The number of aromatic nitrogens is 2. The van der Waals surface area contributed by atoms with Crippen molar-refractivity contribution in [3.63, 3.8) is 0 Å². The van der Waals surface area contributed by atoms with Gasteiger partial charge in [-0.3, -0.25) is 4.90 Å². The average molecular weight is 261 g/mol. The maximum atomic E-state index is 5.91. The van der Waals surface area contributed by atoms with Crippen molar-refractivity contribution in [2.75, 3.05) is 6.54 Å². The van der Waals surface area contributed by atoms with Crippen molar-refractivity contribution < 1.29 is 4.52 Å². The molecule has 0 radical (unpaired) electrons. The summed E-state index contributed by atoms with van der Waals surface area (Å²) in [5.74, 6) is 1.25. The highest BCUT2D eigenvalue weighted by Crippen LogP contribution is 2.19. The fraction of sp³-hybridized carbons (Fsp3) is 0.818. The highest BCUT2D eigenvalue weighted by molar-refractivity contribution is 5.85. The molecule has 1 aliphatic heterocycles. The number of hydrogen-bond donors (Lipinski definition) is 1. The van der Waals surface area contributed by atoms with Crippen LogP contribution in [0.3, 0.4) is 0 Å². The van der Waals surface area contributed by atoms with E-state index in [1.54, 1.807) is 0 Å². The molecule has 0 aliphatic carbocycles. The third-order valence-electron chi connectivity index (χ3n) is 3.07. The number of rotatable bonds is 3. The van der Waals surface area contributed by atoms with E-state index in [0.717, 1.165) is 13.1 Å². The Morgan fingerprint density at radius 3 is 2.71 bits per heavy atom. The SMILES string of the molecule is CC1CCCN1Cc1nc(C(C)(C)N)no1.Cl. The zero-order valence-electron chi connectivity index (χ0n) is 10.6. The van der Waals surface area contributed by atoms with Gasteiger partial charge in [-0.1, -0.05) is 5.16 Å². The van der Waals surface area contributed by atoms with E-state index in [1.807, 2.05) is 13.8 Å². The average Bonchev–Trinajstić information content (AvgIpc) is 2.76. The second-order valence-electron chi connectivity index (χ2n) is 5.20. The molecular formula is C11H21ClN4O. The predicted octanol–water partition coefficient (Wildman–Crippen LogP) is 1.67. The van der Waals surface area contributed by atoms with Gasteiger partial charge in [-0.25, -0.2) is 0 Å². The van der Waals surface area contributed by atoms with Gasteiger partial charge in [-0.05, 0) is 40.2 Å². The molecule has 0 spiro atoms. The van der Waals surface area contributed by atoms with Gasteiger partial charge in [0.05, 0.1) is 12.1 Å². The van der Waals surface area contributed by atoms with E-state index in [-0.39, 0.29) is 12.4 Å². The fourth-order valence-corrected chi connectivity index (χ4v) is 1.98. The van der Waals surface area contributed by atoms with Crippen LogP contribution in [0.4, 0.5) is 0 Å². The zero-order chi connectivity index (χ0) is 11.8. The van der Waals surface area contributed by atoms with Gasteiger partial charge < -0.3 is 10.3 Å². The molecule has 1 saturated heterocycles. The second-order valence-corrected chi connectivity index (χ2v) is 5.20. The minimum atomic E-state index is -0.529. The molecule has 2 heterocycles. The van der Waals surface area contributed by atoms with Crippen molar-refractivity contribution in [1.82, 2.24) is 15.0 Å². The molecule has 0 amide bonds. The Labute approximate surface area is 108 Å². The number of nitrogens with zero attached hydrogens (tertiary/aromatic N) is 3. The first-order valence-corrected chi connectivity index (χ1v) is 5.83. The molecule has 1 aliphatic rings. The van der Waals surface area contributed by atoms with Crippen molar-refractivity contribution in [3.8, 4) is 0 Å². The maximum absolute atomic E-state index is 5.91. The van der Waals surface area contributed by atoms with Crippen LogP contribution in [0.15, 0.2) is 4.52 Å². The van der Waals surface area contributed by atoms with E-state index in [2.05, 4.69) is 22.0 Å². The van der Waals surface area contributed by atoms with Gasteiger partial charge in [0.15, 0.2) is 5.82 Å². The summed E-state index contributed by atoms with van der Waals surface area (Å²) in [7, 11) is 0. The summed E-state index contributed by atoms with van der Waals surface area (Å²) < 4.78 is 5.22. The Bertz CT molecular complexity index is 361. The summed E-state index contributed by atoms with van der Waals surface area (Å²) in [6.07, 6.45) is 2.51. The van der Waals surface area contributed by atoms with Crippen molar-refractivity contribution in [1.29, 1.82) is 0 Å². The smallest absolute Gasteiger partial charge is 0.240 e. The molecule has 1 fully saturated rings. The van der Waals surface area contributed by atoms with Gasteiger partial charge in [0.25, 0.3) is 0 Å². The summed E-state index contributed by atoms with van der Waals surface area (Å²) in [5, 5.41) is 3.92. The molecule has 0 aromatic carbocycles. The highest BCUT2D eigenvalue weighted by atomic mass is 35.5. The van der Waals surface area contributed by atoms with E-state index in [9.17, 15) is 0 Å². The van der Waals surface area contributed by atoms with Crippen LogP contribution in [-0.4, -0.2) is 27.6 Å². The van der Waals surface area contributed by atoms with Crippen LogP contribution >= 0.6 is 12.4 Å². The maximum Gasteiger partial charge on any atom is 0.240 e. The molecule has 98 valence electrons. The lowest BCUT2D eigenvalue weighted by atomic mass is 10.1. The number of hydrogen-bond acceptors (Lipinski definition) is 5. The van der Waals surface area contributed by atoms with Crippen LogP contribution in [0.2, 0.25) is 0 Å². The van der Waals surface area contributed by atoms with Crippen LogP contribution < -0.4 is 5.73 Å². The van der Waals surface area contributed by atoms with Gasteiger partial charge in [0.1, 0.15) is 0 Å². The zero-order valence-corrected chi connectivity index (χ0v) is 11.5. The Kier molecular flexibility index (Phi) is 4.52. The minimum Gasteiger partial charge on any atom is -0.338 e. The normalized spacial score (nSPS) is 21.5. The molecule has 6 heteroatoms. The Morgan fingerprint density at radius 2 is 2.24 bits per heavy atom. The Hall–Kier alpha value is -0.650. The molecule has 0 bridgehead atoms. The predicted molar refractivity (Wildman–Crippen MR) is 67.9 cm³/mol. The Morgan fingerprint density at radius 1 is 1.53 bits per heavy atom. The van der Waals surface area contributed by atoms with Gasteiger partial charge in [-0.15, -0.1) is 12.4 Å². The van der Waals surface area contributed by atoms with Crippen LogP contribution in [0.25, 0.3) is 0 Å². The number of likely N-dealkylation sites (tertiary alicyclic amines) is 1. The lowest BCUT2D eigenvalue weighted by Gasteiger charge is -2.18. The summed E-state index contributed by atoms with van der Waals surface area (Å²) in [4.78, 5) is 6.70.